The maximum absolute atomic E-state index is 12.1. The van der Waals surface area contributed by atoms with Gasteiger partial charge in [0.1, 0.15) is 5.75 Å². The molecule has 0 bridgehead atoms. The lowest BCUT2D eigenvalue weighted by Gasteiger charge is -2.11. The average Bonchev–Trinajstić information content (AvgIpc) is 2.44. The van der Waals surface area contributed by atoms with Crippen molar-refractivity contribution in [3.8, 4) is 17.2 Å². The van der Waals surface area contributed by atoms with E-state index < -0.39 is 5.91 Å². The SMILES string of the molecule is COc1cc(NC(=O)c2ccc(O)c(O)c2)c(Br)cc1Br. The number of aromatic hydroxyl groups is 2. The number of nitrogens with one attached hydrogen (secondary N) is 1. The van der Waals surface area contributed by atoms with E-state index in [0.717, 1.165) is 4.47 Å². The van der Waals surface area contributed by atoms with Crippen LogP contribution in [0.25, 0.3) is 0 Å². The van der Waals surface area contributed by atoms with Gasteiger partial charge in [0.15, 0.2) is 11.5 Å². The lowest BCUT2D eigenvalue weighted by Crippen LogP contribution is -2.12. The van der Waals surface area contributed by atoms with Crippen LogP contribution in [0.4, 0.5) is 5.69 Å². The fraction of sp³-hybridized carbons (Fsp3) is 0.0714. The number of phenols is 2. The molecule has 0 unspecified atom stereocenters. The van der Waals surface area contributed by atoms with Gasteiger partial charge in [-0.3, -0.25) is 4.79 Å². The number of carbonyl (C=O) groups excluding carboxylic acids is 1. The molecule has 0 aliphatic heterocycles. The normalized spacial score (nSPS) is 10.2. The van der Waals surface area contributed by atoms with Crippen molar-refractivity contribution in [2.75, 3.05) is 12.4 Å². The van der Waals surface area contributed by atoms with Gasteiger partial charge in [-0.15, -0.1) is 0 Å². The van der Waals surface area contributed by atoms with Gasteiger partial charge in [-0.2, -0.15) is 0 Å². The van der Waals surface area contributed by atoms with Gasteiger partial charge in [0, 0.05) is 16.1 Å². The second kappa shape index (κ2) is 6.36. The van der Waals surface area contributed by atoms with Crippen molar-refractivity contribution < 1.29 is 19.7 Å². The standard InChI is InChI=1S/C14H11Br2NO4/c1-21-13-6-10(8(15)5-9(13)16)17-14(20)7-2-3-11(18)12(19)4-7/h2-6,18-19H,1H3,(H,17,20). The molecule has 0 aliphatic rings. The van der Waals surface area contributed by atoms with Crippen molar-refractivity contribution in [1.82, 2.24) is 0 Å². The molecule has 0 aromatic heterocycles. The molecule has 7 heteroatoms. The summed E-state index contributed by atoms with van der Waals surface area (Å²) in [6.07, 6.45) is 0. The number of ether oxygens (including phenoxy) is 1. The van der Waals surface area contributed by atoms with E-state index >= 15 is 0 Å². The van der Waals surface area contributed by atoms with Crippen molar-refractivity contribution >= 4 is 43.5 Å². The lowest BCUT2D eigenvalue weighted by molar-refractivity contribution is 0.102. The van der Waals surface area contributed by atoms with Crippen molar-refractivity contribution in [2.45, 2.75) is 0 Å². The monoisotopic (exact) mass is 415 g/mol. The van der Waals surface area contributed by atoms with Crippen LogP contribution in [-0.4, -0.2) is 23.2 Å². The van der Waals surface area contributed by atoms with E-state index in [1.165, 1.54) is 25.3 Å². The Labute approximate surface area is 137 Å². The minimum Gasteiger partial charge on any atom is -0.504 e. The molecule has 110 valence electrons. The second-order valence-corrected chi connectivity index (χ2v) is 5.83. The van der Waals surface area contributed by atoms with Gasteiger partial charge in [0.25, 0.3) is 5.91 Å². The molecule has 0 spiro atoms. The lowest BCUT2D eigenvalue weighted by atomic mass is 10.2. The summed E-state index contributed by atoms with van der Waals surface area (Å²) in [5.74, 6) is -0.481. The first-order valence-corrected chi connectivity index (χ1v) is 7.37. The molecule has 3 N–H and O–H groups in total. The number of hydrogen-bond donors (Lipinski definition) is 3. The van der Waals surface area contributed by atoms with Crippen LogP contribution >= 0.6 is 31.9 Å². The first-order valence-electron chi connectivity index (χ1n) is 5.78. The molecule has 0 fully saturated rings. The van der Waals surface area contributed by atoms with Crippen molar-refractivity contribution in [1.29, 1.82) is 0 Å². The summed E-state index contributed by atoms with van der Waals surface area (Å²) < 4.78 is 6.59. The quantitative estimate of drug-likeness (QED) is 0.663. The van der Waals surface area contributed by atoms with Gasteiger partial charge in [-0.05, 0) is 56.1 Å². The summed E-state index contributed by atoms with van der Waals surface area (Å²) in [6.45, 7) is 0. The Kier molecular flexibility index (Phi) is 4.74. The third-order valence-electron chi connectivity index (χ3n) is 2.73. The Morgan fingerprint density at radius 2 is 1.81 bits per heavy atom. The van der Waals surface area contributed by atoms with Crippen LogP contribution in [0.1, 0.15) is 10.4 Å². The van der Waals surface area contributed by atoms with Crippen LogP contribution in [-0.2, 0) is 0 Å². The highest BCUT2D eigenvalue weighted by Crippen LogP contribution is 2.35. The fourth-order valence-electron chi connectivity index (χ4n) is 1.64. The van der Waals surface area contributed by atoms with Gasteiger partial charge in [-0.25, -0.2) is 0 Å². The number of hydrogen-bond acceptors (Lipinski definition) is 4. The van der Waals surface area contributed by atoms with Crippen molar-refractivity contribution in [3.05, 3.63) is 44.8 Å². The van der Waals surface area contributed by atoms with E-state index in [2.05, 4.69) is 37.2 Å². The minimum atomic E-state index is -0.421. The number of anilines is 1. The first kappa shape index (κ1) is 15.7. The summed E-state index contributed by atoms with van der Waals surface area (Å²) in [5.41, 5.74) is 0.742. The smallest absolute Gasteiger partial charge is 0.255 e. The third kappa shape index (κ3) is 3.48. The minimum absolute atomic E-state index is 0.221. The predicted molar refractivity (Wildman–Crippen MR) is 86.1 cm³/mol. The summed E-state index contributed by atoms with van der Waals surface area (Å²) >= 11 is 6.69. The van der Waals surface area contributed by atoms with E-state index in [1.807, 2.05) is 0 Å². The number of halogens is 2. The van der Waals surface area contributed by atoms with Crippen molar-refractivity contribution in [3.63, 3.8) is 0 Å². The maximum atomic E-state index is 12.1. The summed E-state index contributed by atoms with van der Waals surface area (Å²) in [5, 5.41) is 21.4. The molecule has 2 aromatic carbocycles. The topological polar surface area (TPSA) is 78.8 Å². The number of carbonyl (C=O) groups is 1. The molecule has 1 amide bonds. The number of benzene rings is 2. The van der Waals surface area contributed by atoms with Crippen LogP contribution < -0.4 is 10.1 Å². The molecule has 2 aromatic rings. The van der Waals surface area contributed by atoms with E-state index in [9.17, 15) is 15.0 Å². The molecule has 0 saturated heterocycles. The zero-order valence-electron chi connectivity index (χ0n) is 10.9. The number of phenolic OH excluding ortho intramolecular Hbond substituents is 2. The number of amides is 1. The van der Waals surface area contributed by atoms with Gasteiger partial charge in [0.2, 0.25) is 0 Å². The van der Waals surface area contributed by atoms with Crippen LogP contribution in [0.5, 0.6) is 17.2 Å². The molecule has 2 rings (SSSR count). The van der Waals surface area contributed by atoms with E-state index in [1.54, 1.807) is 12.1 Å². The largest absolute Gasteiger partial charge is 0.504 e. The second-order valence-electron chi connectivity index (χ2n) is 4.12. The molecular weight excluding hydrogens is 406 g/mol. The molecular formula is C14H11Br2NO4. The molecule has 0 radical (unpaired) electrons. The molecule has 5 nitrogen and oxygen atoms in total. The Morgan fingerprint density at radius 1 is 1.10 bits per heavy atom. The molecule has 0 heterocycles. The highest BCUT2D eigenvalue weighted by molar-refractivity contribution is 9.11. The van der Waals surface area contributed by atoms with Crippen LogP contribution in [0.15, 0.2) is 39.3 Å². The maximum Gasteiger partial charge on any atom is 0.255 e. The Morgan fingerprint density at radius 3 is 2.43 bits per heavy atom. The summed E-state index contributed by atoms with van der Waals surface area (Å²) in [7, 11) is 1.53. The highest BCUT2D eigenvalue weighted by atomic mass is 79.9. The highest BCUT2D eigenvalue weighted by Gasteiger charge is 2.13. The van der Waals surface area contributed by atoms with Crippen LogP contribution in [0, 0.1) is 0 Å². The molecule has 0 saturated carbocycles. The van der Waals surface area contributed by atoms with Crippen LogP contribution in [0.2, 0.25) is 0 Å². The third-order valence-corrected chi connectivity index (χ3v) is 4.00. The van der Waals surface area contributed by atoms with Gasteiger partial charge in [0.05, 0.1) is 17.3 Å². The Hall–Kier alpha value is -1.73. The Bertz CT molecular complexity index is 704. The Balaban J connectivity index is 2.29. The van der Waals surface area contributed by atoms with Crippen LogP contribution in [0.3, 0.4) is 0 Å². The van der Waals surface area contributed by atoms with Gasteiger partial charge in [-0.1, -0.05) is 0 Å². The fourth-order valence-corrected chi connectivity index (χ4v) is 2.90. The van der Waals surface area contributed by atoms with E-state index in [0.29, 0.717) is 15.9 Å². The molecule has 0 atom stereocenters. The zero-order chi connectivity index (χ0) is 15.6. The first-order chi connectivity index (χ1) is 9.92. The summed E-state index contributed by atoms with van der Waals surface area (Å²) in [4.78, 5) is 12.1. The van der Waals surface area contributed by atoms with Crippen molar-refractivity contribution in [2.24, 2.45) is 0 Å². The number of methoxy groups -OCH3 is 1. The molecule has 0 aliphatic carbocycles. The average molecular weight is 417 g/mol. The van der Waals surface area contributed by atoms with Gasteiger partial charge >= 0.3 is 0 Å². The van der Waals surface area contributed by atoms with E-state index in [-0.39, 0.29) is 17.1 Å². The molecule has 21 heavy (non-hydrogen) atoms. The summed E-state index contributed by atoms with van der Waals surface area (Å²) in [6, 6.07) is 7.26. The van der Waals surface area contributed by atoms with Gasteiger partial charge < -0.3 is 20.3 Å². The number of rotatable bonds is 3. The predicted octanol–water partition coefficient (Wildman–Crippen LogP) is 3.88. The zero-order valence-corrected chi connectivity index (χ0v) is 14.0. The van der Waals surface area contributed by atoms with E-state index in [4.69, 9.17) is 4.74 Å².